The Bertz CT molecular complexity index is 1180. The first-order valence-corrected chi connectivity index (χ1v) is 10.3. The molecule has 0 aliphatic rings. The molecule has 8 heteroatoms. The number of nitrogens with zero attached hydrogens (tertiary/aromatic N) is 5. The summed E-state index contributed by atoms with van der Waals surface area (Å²) in [7, 11) is 1.64. The van der Waals surface area contributed by atoms with Crippen LogP contribution in [0.5, 0.6) is 5.75 Å². The second-order valence-corrected chi connectivity index (χ2v) is 7.18. The highest BCUT2D eigenvalue weighted by Gasteiger charge is 2.20. The van der Waals surface area contributed by atoms with E-state index in [0.717, 1.165) is 41.3 Å². The number of aromatic nitrogens is 5. The van der Waals surface area contributed by atoms with E-state index in [-0.39, 0.29) is 5.91 Å². The molecule has 0 aliphatic carbocycles. The molecular weight excluding hydrogens is 380 g/mol. The summed E-state index contributed by atoms with van der Waals surface area (Å²) >= 11 is 0. The number of H-pyrrole nitrogens is 1. The average molecular weight is 406 g/mol. The third kappa shape index (κ3) is 3.72. The monoisotopic (exact) mass is 406 g/mol. The second-order valence-electron chi connectivity index (χ2n) is 7.18. The number of hydrogen-bond donors (Lipinski definition) is 1. The van der Waals surface area contributed by atoms with Gasteiger partial charge in [-0.1, -0.05) is 6.92 Å². The molecule has 1 N–H and O–H groups in total. The van der Waals surface area contributed by atoms with Crippen molar-refractivity contribution >= 4 is 22.6 Å². The van der Waals surface area contributed by atoms with E-state index in [9.17, 15) is 4.79 Å². The first-order chi connectivity index (χ1) is 14.6. The van der Waals surface area contributed by atoms with Crippen LogP contribution in [0.2, 0.25) is 0 Å². The lowest BCUT2D eigenvalue weighted by molar-refractivity contribution is 0.0767. The number of ether oxygens (including phenoxy) is 1. The summed E-state index contributed by atoms with van der Waals surface area (Å²) in [4.78, 5) is 23.0. The molecule has 0 saturated carbocycles. The van der Waals surface area contributed by atoms with Crippen LogP contribution < -0.4 is 4.74 Å². The van der Waals surface area contributed by atoms with Crippen molar-refractivity contribution in [2.24, 2.45) is 0 Å². The molecule has 0 atom stereocenters. The number of nitrogens with one attached hydrogen (secondary N) is 1. The molecule has 0 fully saturated rings. The number of amides is 1. The fourth-order valence-corrected chi connectivity index (χ4v) is 3.63. The van der Waals surface area contributed by atoms with Crippen LogP contribution >= 0.6 is 0 Å². The highest BCUT2D eigenvalue weighted by Crippen LogP contribution is 2.19. The van der Waals surface area contributed by atoms with Crippen molar-refractivity contribution in [2.75, 3.05) is 20.2 Å². The van der Waals surface area contributed by atoms with Crippen LogP contribution in [-0.4, -0.2) is 55.6 Å². The number of imidazole rings is 1. The van der Waals surface area contributed by atoms with Crippen molar-refractivity contribution in [2.45, 2.75) is 33.1 Å². The van der Waals surface area contributed by atoms with Gasteiger partial charge in [0, 0.05) is 38.2 Å². The third-order valence-corrected chi connectivity index (χ3v) is 5.23. The van der Waals surface area contributed by atoms with Crippen molar-refractivity contribution in [3.05, 3.63) is 53.7 Å². The van der Waals surface area contributed by atoms with Gasteiger partial charge in [-0.25, -0.2) is 4.98 Å². The summed E-state index contributed by atoms with van der Waals surface area (Å²) in [5.74, 6) is 2.46. The second kappa shape index (κ2) is 8.52. The SMILES string of the molecule is CCCc1nnc2c(C(=O)N(CC)CCc3nc4ccc(OC)cc4[nH]3)cccn12. The molecule has 0 saturated heterocycles. The summed E-state index contributed by atoms with van der Waals surface area (Å²) in [5.41, 5.74) is 3.00. The Labute approximate surface area is 174 Å². The maximum absolute atomic E-state index is 13.2. The van der Waals surface area contributed by atoms with Crippen LogP contribution in [0.1, 0.15) is 42.3 Å². The van der Waals surface area contributed by atoms with E-state index in [2.05, 4.69) is 27.1 Å². The minimum Gasteiger partial charge on any atom is -0.497 e. The Morgan fingerprint density at radius 2 is 2.07 bits per heavy atom. The van der Waals surface area contributed by atoms with Gasteiger partial charge in [0.15, 0.2) is 5.65 Å². The standard InChI is InChI=1S/C22H26N6O2/c1-4-7-20-25-26-21-16(8-6-12-28(20)21)22(29)27(5-2)13-11-19-23-17-10-9-15(30-3)14-18(17)24-19/h6,8-10,12,14H,4-5,7,11,13H2,1-3H3,(H,23,24). The molecule has 4 rings (SSSR count). The first-order valence-electron chi connectivity index (χ1n) is 10.3. The van der Waals surface area contributed by atoms with Gasteiger partial charge in [-0.15, -0.1) is 10.2 Å². The zero-order chi connectivity index (χ0) is 21.1. The number of hydrogen-bond acceptors (Lipinski definition) is 5. The maximum atomic E-state index is 13.2. The molecule has 156 valence electrons. The number of pyridine rings is 1. The minimum atomic E-state index is -0.0451. The Hall–Kier alpha value is -3.42. The van der Waals surface area contributed by atoms with Crippen molar-refractivity contribution in [3.63, 3.8) is 0 Å². The van der Waals surface area contributed by atoms with Crippen LogP contribution in [0, 0.1) is 0 Å². The summed E-state index contributed by atoms with van der Waals surface area (Å²) in [6.45, 7) is 5.24. The van der Waals surface area contributed by atoms with Crippen molar-refractivity contribution < 1.29 is 9.53 Å². The number of fused-ring (bicyclic) bond motifs is 2. The number of aryl methyl sites for hydroxylation is 1. The number of rotatable bonds is 8. The average Bonchev–Trinajstić information content (AvgIpc) is 3.37. The predicted molar refractivity (Wildman–Crippen MR) is 115 cm³/mol. The zero-order valence-electron chi connectivity index (χ0n) is 17.6. The van der Waals surface area contributed by atoms with Crippen LogP contribution in [0.25, 0.3) is 16.7 Å². The number of methoxy groups -OCH3 is 1. The minimum absolute atomic E-state index is 0.0451. The normalized spacial score (nSPS) is 11.3. The van der Waals surface area contributed by atoms with E-state index in [4.69, 9.17) is 4.74 Å². The quantitative estimate of drug-likeness (QED) is 0.485. The molecule has 0 bridgehead atoms. The van der Waals surface area contributed by atoms with Gasteiger partial charge < -0.3 is 14.6 Å². The van der Waals surface area contributed by atoms with Crippen LogP contribution in [-0.2, 0) is 12.8 Å². The van der Waals surface area contributed by atoms with Gasteiger partial charge in [0.1, 0.15) is 17.4 Å². The highest BCUT2D eigenvalue weighted by atomic mass is 16.5. The van der Waals surface area contributed by atoms with Crippen LogP contribution in [0.3, 0.4) is 0 Å². The van der Waals surface area contributed by atoms with Crippen LogP contribution in [0.15, 0.2) is 36.5 Å². The number of aromatic amines is 1. The predicted octanol–water partition coefficient (Wildman–Crippen LogP) is 3.27. The fourth-order valence-electron chi connectivity index (χ4n) is 3.63. The van der Waals surface area contributed by atoms with E-state index >= 15 is 0 Å². The molecule has 8 nitrogen and oxygen atoms in total. The summed E-state index contributed by atoms with van der Waals surface area (Å²) in [5, 5.41) is 8.54. The van der Waals surface area contributed by atoms with Crippen molar-refractivity contribution in [3.8, 4) is 5.75 Å². The smallest absolute Gasteiger partial charge is 0.257 e. The van der Waals surface area contributed by atoms with Gasteiger partial charge in [0.05, 0.1) is 23.7 Å². The third-order valence-electron chi connectivity index (χ3n) is 5.23. The van der Waals surface area contributed by atoms with E-state index in [1.807, 2.05) is 52.8 Å². The fraction of sp³-hybridized carbons (Fsp3) is 0.364. The Morgan fingerprint density at radius 3 is 2.83 bits per heavy atom. The van der Waals surface area contributed by atoms with E-state index in [1.54, 1.807) is 7.11 Å². The molecule has 30 heavy (non-hydrogen) atoms. The van der Waals surface area contributed by atoms with Crippen LogP contribution in [0.4, 0.5) is 0 Å². The van der Waals surface area contributed by atoms with Gasteiger partial charge in [0.25, 0.3) is 5.91 Å². The molecule has 1 aromatic carbocycles. The Morgan fingerprint density at radius 1 is 1.20 bits per heavy atom. The number of likely N-dealkylation sites (N-methyl/N-ethyl adjacent to an activating group) is 1. The van der Waals surface area contributed by atoms with E-state index < -0.39 is 0 Å². The van der Waals surface area contributed by atoms with Gasteiger partial charge in [0.2, 0.25) is 0 Å². The van der Waals surface area contributed by atoms with E-state index in [0.29, 0.717) is 30.7 Å². The largest absolute Gasteiger partial charge is 0.497 e. The molecule has 0 radical (unpaired) electrons. The molecule has 0 aliphatic heterocycles. The van der Waals surface area contributed by atoms with E-state index in [1.165, 1.54) is 0 Å². The molecule has 3 heterocycles. The number of benzene rings is 1. The van der Waals surface area contributed by atoms with Gasteiger partial charge in [-0.2, -0.15) is 0 Å². The lowest BCUT2D eigenvalue weighted by Crippen LogP contribution is -2.33. The van der Waals surface area contributed by atoms with Gasteiger partial charge in [-0.05, 0) is 37.6 Å². The Kier molecular flexibility index (Phi) is 5.65. The maximum Gasteiger partial charge on any atom is 0.257 e. The lowest BCUT2D eigenvalue weighted by Gasteiger charge is -2.20. The molecule has 3 aromatic heterocycles. The summed E-state index contributed by atoms with van der Waals surface area (Å²) in [6.07, 6.45) is 4.35. The molecule has 0 spiro atoms. The summed E-state index contributed by atoms with van der Waals surface area (Å²) < 4.78 is 7.18. The summed E-state index contributed by atoms with van der Waals surface area (Å²) in [6, 6.07) is 9.44. The topological polar surface area (TPSA) is 88.4 Å². The number of carbonyl (C=O) groups is 1. The van der Waals surface area contributed by atoms with Gasteiger partial charge >= 0.3 is 0 Å². The highest BCUT2D eigenvalue weighted by molar-refractivity contribution is 5.99. The lowest BCUT2D eigenvalue weighted by atomic mass is 10.2. The molecule has 4 aromatic rings. The zero-order valence-corrected chi connectivity index (χ0v) is 17.6. The first kappa shape index (κ1) is 19.9. The molecule has 0 unspecified atom stereocenters. The number of carbonyl (C=O) groups excluding carboxylic acids is 1. The molecule has 1 amide bonds. The molecular formula is C22H26N6O2. The van der Waals surface area contributed by atoms with Crippen molar-refractivity contribution in [1.82, 2.24) is 29.5 Å². The Balaban J connectivity index is 1.53. The van der Waals surface area contributed by atoms with Gasteiger partial charge in [-0.3, -0.25) is 9.20 Å². The van der Waals surface area contributed by atoms with Crippen molar-refractivity contribution in [1.29, 1.82) is 0 Å².